The Kier molecular flexibility index (Phi) is 3.72. The van der Waals surface area contributed by atoms with E-state index in [4.69, 9.17) is 4.42 Å². The van der Waals surface area contributed by atoms with Crippen molar-refractivity contribution in [1.29, 1.82) is 0 Å². The molecule has 2 fully saturated rings. The molecule has 2 aromatic heterocycles. The average Bonchev–Trinajstić information content (AvgIpc) is 3.12. The third-order valence-corrected chi connectivity index (χ3v) is 4.29. The van der Waals surface area contributed by atoms with Gasteiger partial charge in [-0.2, -0.15) is 5.10 Å². The van der Waals surface area contributed by atoms with Crippen molar-refractivity contribution in [1.82, 2.24) is 25.7 Å². The summed E-state index contributed by atoms with van der Waals surface area (Å²) in [4.78, 5) is 2.32. The van der Waals surface area contributed by atoms with Crippen LogP contribution in [-0.2, 0) is 6.54 Å². The molecule has 0 radical (unpaired) electrons. The second-order valence-corrected chi connectivity index (χ2v) is 6.01. The van der Waals surface area contributed by atoms with E-state index in [1.807, 2.05) is 12.1 Å². The van der Waals surface area contributed by atoms with Gasteiger partial charge in [-0.3, -0.25) is 0 Å². The molecule has 2 aliphatic rings. The zero-order chi connectivity index (χ0) is 14.8. The molecule has 7 heteroatoms. The van der Waals surface area contributed by atoms with Crippen LogP contribution in [0.3, 0.4) is 0 Å². The fourth-order valence-corrected chi connectivity index (χ4v) is 2.98. The van der Waals surface area contributed by atoms with Gasteiger partial charge in [-0.1, -0.05) is 0 Å². The third-order valence-electron chi connectivity index (χ3n) is 4.29. The van der Waals surface area contributed by atoms with E-state index in [0.29, 0.717) is 24.4 Å². The van der Waals surface area contributed by atoms with Crippen molar-refractivity contribution in [3.05, 3.63) is 30.1 Å². The Morgan fingerprint density at radius 3 is 3.00 bits per heavy atom. The van der Waals surface area contributed by atoms with E-state index in [2.05, 4.69) is 30.6 Å². The lowest BCUT2D eigenvalue weighted by Crippen LogP contribution is -2.38. The predicted molar refractivity (Wildman–Crippen MR) is 80.4 cm³/mol. The Morgan fingerprint density at radius 1 is 1.23 bits per heavy atom. The zero-order valence-electron chi connectivity index (χ0n) is 12.5. The topological polar surface area (TPSA) is 80.0 Å². The molecule has 0 aromatic carbocycles. The summed E-state index contributed by atoms with van der Waals surface area (Å²) in [5.74, 6) is 2.97. The molecule has 0 amide bonds. The van der Waals surface area contributed by atoms with Crippen LogP contribution >= 0.6 is 0 Å². The van der Waals surface area contributed by atoms with E-state index in [0.717, 1.165) is 24.8 Å². The Morgan fingerprint density at radius 2 is 2.18 bits per heavy atom. The number of hydrogen-bond donors (Lipinski definition) is 1. The Labute approximate surface area is 129 Å². The van der Waals surface area contributed by atoms with E-state index >= 15 is 0 Å². The summed E-state index contributed by atoms with van der Waals surface area (Å²) in [7, 11) is 0. The van der Waals surface area contributed by atoms with Crippen molar-refractivity contribution in [3.8, 4) is 0 Å². The highest BCUT2D eigenvalue weighted by Gasteiger charge is 2.29. The second kappa shape index (κ2) is 6.00. The van der Waals surface area contributed by atoms with Crippen molar-refractivity contribution in [2.24, 2.45) is 0 Å². The van der Waals surface area contributed by atoms with Crippen molar-refractivity contribution in [2.45, 2.75) is 44.2 Å². The maximum absolute atomic E-state index is 5.66. The van der Waals surface area contributed by atoms with Gasteiger partial charge >= 0.3 is 0 Å². The summed E-state index contributed by atoms with van der Waals surface area (Å²) in [5.41, 5.74) is 0. The molecule has 1 saturated heterocycles. The summed E-state index contributed by atoms with van der Waals surface area (Å²) in [6.07, 6.45) is 6.43. The lowest BCUT2D eigenvalue weighted by molar-refractivity contribution is 0.427. The molecule has 22 heavy (non-hydrogen) atoms. The second-order valence-electron chi connectivity index (χ2n) is 6.01. The van der Waals surface area contributed by atoms with Crippen molar-refractivity contribution < 1.29 is 4.42 Å². The first kappa shape index (κ1) is 13.6. The molecule has 0 spiro atoms. The van der Waals surface area contributed by atoms with Crippen molar-refractivity contribution in [3.63, 3.8) is 0 Å². The predicted octanol–water partition coefficient (Wildman–Crippen LogP) is 1.50. The van der Waals surface area contributed by atoms with Gasteiger partial charge in [0.2, 0.25) is 11.8 Å². The Balaban J connectivity index is 1.30. The van der Waals surface area contributed by atoms with Gasteiger partial charge in [0.25, 0.3) is 0 Å². The molecule has 3 heterocycles. The lowest BCUT2D eigenvalue weighted by atomic mass is 10.2. The molecule has 2 aromatic rings. The Hall–Kier alpha value is -2.02. The SMILES string of the molecule is c1cnnc(N2CCC[C@@H]2CNCc2nnc(C3CC3)o2)c1. The highest BCUT2D eigenvalue weighted by atomic mass is 16.4. The maximum Gasteiger partial charge on any atom is 0.230 e. The number of hydrogen-bond acceptors (Lipinski definition) is 7. The smallest absolute Gasteiger partial charge is 0.230 e. The van der Waals surface area contributed by atoms with Gasteiger partial charge in [0.1, 0.15) is 0 Å². The summed E-state index contributed by atoms with van der Waals surface area (Å²) in [6, 6.07) is 4.40. The number of aromatic nitrogens is 4. The Bertz CT molecular complexity index is 612. The molecule has 1 atom stereocenters. The molecule has 1 aliphatic carbocycles. The molecular formula is C15H20N6O. The van der Waals surface area contributed by atoms with E-state index in [1.165, 1.54) is 25.7 Å². The molecule has 7 nitrogen and oxygen atoms in total. The van der Waals surface area contributed by atoms with Crippen LogP contribution in [0.5, 0.6) is 0 Å². The fourth-order valence-electron chi connectivity index (χ4n) is 2.98. The van der Waals surface area contributed by atoms with Crippen LogP contribution in [0.2, 0.25) is 0 Å². The van der Waals surface area contributed by atoms with Crippen LogP contribution in [0.1, 0.15) is 43.4 Å². The monoisotopic (exact) mass is 300 g/mol. The van der Waals surface area contributed by atoms with Crippen LogP contribution < -0.4 is 10.2 Å². The lowest BCUT2D eigenvalue weighted by Gasteiger charge is -2.25. The quantitative estimate of drug-likeness (QED) is 0.865. The van der Waals surface area contributed by atoms with E-state index in [1.54, 1.807) is 6.20 Å². The average molecular weight is 300 g/mol. The molecule has 0 unspecified atom stereocenters. The highest BCUT2D eigenvalue weighted by Crippen LogP contribution is 2.38. The number of nitrogens with zero attached hydrogens (tertiary/aromatic N) is 5. The van der Waals surface area contributed by atoms with Gasteiger partial charge in [-0.15, -0.1) is 15.3 Å². The summed E-state index contributed by atoms with van der Waals surface area (Å²) < 4.78 is 5.66. The van der Waals surface area contributed by atoms with E-state index < -0.39 is 0 Å². The van der Waals surface area contributed by atoms with Crippen molar-refractivity contribution in [2.75, 3.05) is 18.0 Å². The van der Waals surface area contributed by atoms with Crippen LogP contribution in [0.4, 0.5) is 5.82 Å². The van der Waals surface area contributed by atoms with Gasteiger partial charge in [0.15, 0.2) is 5.82 Å². The molecular weight excluding hydrogens is 280 g/mol. The standard InChI is InChI=1S/C15H20N6O/c1-4-13(18-17-7-1)21-8-2-3-12(21)9-16-10-14-19-20-15(22-14)11-5-6-11/h1,4,7,11-12,16H,2-3,5-6,8-10H2/t12-/m1/s1. The van der Waals surface area contributed by atoms with Gasteiger partial charge in [-0.25, -0.2) is 0 Å². The minimum atomic E-state index is 0.447. The van der Waals surface area contributed by atoms with Crippen LogP contribution in [0, 0.1) is 0 Å². The van der Waals surface area contributed by atoms with E-state index in [9.17, 15) is 0 Å². The van der Waals surface area contributed by atoms with Gasteiger partial charge in [0, 0.05) is 31.2 Å². The molecule has 1 saturated carbocycles. The molecule has 0 bridgehead atoms. The van der Waals surface area contributed by atoms with E-state index in [-0.39, 0.29) is 0 Å². The largest absolute Gasteiger partial charge is 0.424 e. The zero-order valence-corrected chi connectivity index (χ0v) is 12.5. The van der Waals surface area contributed by atoms with Crippen molar-refractivity contribution >= 4 is 5.82 Å². The number of rotatable bonds is 6. The maximum atomic E-state index is 5.66. The first-order valence-corrected chi connectivity index (χ1v) is 7.97. The molecule has 116 valence electrons. The molecule has 1 N–H and O–H groups in total. The first-order chi connectivity index (χ1) is 10.9. The highest BCUT2D eigenvalue weighted by molar-refractivity contribution is 5.39. The number of nitrogens with one attached hydrogen (secondary N) is 1. The summed E-state index contributed by atoms with van der Waals surface area (Å²) in [6.45, 7) is 2.56. The van der Waals surface area contributed by atoms with Gasteiger partial charge < -0.3 is 14.6 Å². The summed E-state index contributed by atoms with van der Waals surface area (Å²) >= 11 is 0. The number of anilines is 1. The minimum Gasteiger partial charge on any atom is -0.424 e. The molecule has 4 rings (SSSR count). The summed E-state index contributed by atoms with van der Waals surface area (Å²) in [5, 5.41) is 19.8. The van der Waals surface area contributed by atoms with Crippen LogP contribution in [0.25, 0.3) is 0 Å². The van der Waals surface area contributed by atoms with Gasteiger partial charge in [0.05, 0.1) is 6.54 Å². The van der Waals surface area contributed by atoms with Crippen LogP contribution in [0.15, 0.2) is 22.7 Å². The van der Waals surface area contributed by atoms with Crippen LogP contribution in [-0.4, -0.2) is 39.5 Å². The molecule has 1 aliphatic heterocycles. The van der Waals surface area contributed by atoms with Gasteiger partial charge in [-0.05, 0) is 37.8 Å². The third kappa shape index (κ3) is 2.94. The minimum absolute atomic E-state index is 0.447. The first-order valence-electron chi connectivity index (χ1n) is 7.97. The fraction of sp³-hybridized carbons (Fsp3) is 0.600. The normalized spacial score (nSPS) is 21.5.